The number of rotatable bonds is 9. The van der Waals surface area contributed by atoms with E-state index in [9.17, 15) is 18.0 Å². The summed E-state index contributed by atoms with van der Waals surface area (Å²) >= 11 is 0. The summed E-state index contributed by atoms with van der Waals surface area (Å²) in [5.41, 5.74) is 0. The third kappa shape index (κ3) is 6.72. The second-order valence-corrected chi connectivity index (χ2v) is 5.82. The lowest BCUT2D eigenvalue weighted by atomic mass is 10.1. The molecule has 0 unspecified atom stereocenters. The number of alkyl halides is 3. The Kier molecular flexibility index (Phi) is 7.52. The van der Waals surface area contributed by atoms with Gasteiger partial charge in [0.05, 0.1) is 18.8 Å². The normalized spacial score (nSPS) is 18.4. The number of benzene rings is 1. The van der Waals surface area contributed by atoms with Crippen molar-refractivity contribution in [2.24, 2.45) is 0 Å². The Balaban J connectivity index is 1.88. The number of ether oxygens (including phenoxy) is 4. The fourth-order valence-corrected chi connectivity index (χ4v) is 2.58. The summed E-state index contributed by atoms with van der Waals surface area (Å²) in [5.74, 6) is -0.439. The molecule has 1 aromatic carbocycles. The highest BCUT2D eigenvalue weighted by atomic mass is 19.4. The van der Waals surface area contributed by atoms with Gasteiger partial charge in [0.2, 0.25) is 0 Å². The molecule has 1 amide bonds. The van der Waals surface area contributed by atoms with Crippen molar-refractivity contribution in [1.29, 1.82) is 0 Å². The van der Waals surface area contributed by atoms with Gasteiger partial charge in [-0.3, -0.25) is 4.79 Å². The first kappa shape index (κ1) is 20.3. The van der Waals surface area contributed by atoms with Crippen molar-refractivity contribution in [2.45, 2.75) is 31.2 Å². The van der Waals surface area contributed by atoms with Gasteiger partial charge in [0.1, 0.15) is 0 Å². The van der Waals surface area contributed by atoms with E-state index in [0.29, 0.717) is 13.2 Å². The van der Waals surface area contributed by atoms with E-state index in [1.165, 1.54) is 25.3 Å². The number of nitrogens with one attached hydrogen (secondary N) is 1. The Bertz CT molecular complexity index is 576. The quantitative estimate of drug-likeness (QED) is 0.716. The number of methoxy groups -OCH3 is 1. The zero-order chi connectivity index (χ0) is 19.0. The molecule has 0 saturated carbocycles. The van der Waals surface area contributed by atoms with Crippen molar-refractivity contribution in [3.63, 3.8) is 0 Å². The zero-order valence-electron chi connectivity index (χ0n) is 14.4. The molecule has 2 atom stereocenters. The number of amides is 1. The van der Waals surface area contributed by atoms with Gasteiger partial charge < -0.3 is 24.3 Å². The van der Waals surface area contributed by atoms with Crippen LogP contribution in [0.1, 0.15) is 12.8 Å². The molecule has 0 spiro atoms. The van der Waals surface area contributed by atoms with E-state index < -0.39 is 18.7 Å². The molecule has 1 saturated heterocycles. The van der Waals surface area contributed by atoms with Crippen LogP contribution in [0.3, 0.4) is 0 Å². The fraction of sp³-hybridized carbons (Fsp3) is 0.588. The highest BCUT2D eigenvalue weighted by molar-refractivity contribution is 5.78. The van der Waals surface area contributed by atoms with Crippen molar-refractivity contribution in [3.8, 4) is 11.5 Å². The number of carbonyl (C=O) groups excluding carboxylic acids is 1. The van der Waals surface area contributed by atoms with Crippen molar-refractivity contribution >= 4 is 5.91 Å². The molecule has 1 aliphatic heterocycles. The van der Waals surface area contributed by atoms with Gasteiger partial charge in [-0.2, -0.15) is 13.2 Å². The molecule has 1 aromatic rings. The molecule has 0 aliphatic carbocycles. The Morgan fingerprint density at radius 2 is 2.00 bits per heavy atom. The Morgan fingerprint density at radius 1 is 1.31 bits per heavy atom. The summed E-state index contributed by atoms with van der Waals surface area (Å²) in [6.45, 7) is -0.864. The summed E-state index contributed by atoms with van der Waals surface area (Å²) < 4.78 is 57.6. The van der Waals surface area contributed by atoms with Crippen LogP contribution in [0.5, 0.6) is 11.5 Å². The van der Waals surface area contributed by atoms with Crippen LogP contribution in [0.4, 0.5) is 13.2 Å². The summed E-state index contributed by atoms with van der Waals surface area (Å²) in [4.78, 5) is 12.1. The largest absolute Gasteiger partial charge is 0.480 e. The molecular weight excluding hydrogens is 355 g/mol. The van der Waals surface area contributed by atoms with Crippen LogP contribution in [-0.2, 0) is 14.3 Å². The maximum atomic E-state index is 12.3. The topological polar surface area (TPSA) is 66.0 Å². The van der Waals surface area contributed by atoms with E-state index in [0.717, 1.165) is 12.8 Å². The zero-order valence-corrected chi connectivity index (χ0v) is 14.4. The van der Waals surface area contributed by atoms with Crippen LogP contribution in [-0.4, -0.2) is 57.8 Å². The standard InChI is InChI=1S/C17H22F3NO5/c1-23-9-12(13-7-4-8-24-13)21-16(22)10-25-14-5-2-3-6-15(14)26-11-17(18,19)20/h2-3,5-6,12-13H,4,7-11H2,1H3,(H,21,22)/t12-,13-/m1/s1. The first-order valence-corrected chi connectivity index (χ1v) is 8.20. The molecule has 26 heavy (non-hydrogen) atoms. The smallest absolute Gasteiger partial charge is 0.422 e. The Morgan fingerprint density at radius 3 is 2.58 bits per heavy atom. The summed E-state index contributed by atoms with van der Waals surface area (Å²) in [6.07, 6.45) is -2.84. The van der Waals surface area contributed by atoms with Crippen LogP contribution in [0.15, 0.2) is 24.3 Å². The van der Waals surface area contributed by atoms with E-state index in [1.807, 2.05) is 0 Å². The summed E-state index contributed by atoms with van der Waals surface area (Å²) in [6, 6.07) is 5.57. The number of carbonyl (C=O) groups is 1. The lowest BCUT2D eigenvalue weighted by Gasteiger charge is -2.23. The predicted octanol–water partition coefficient (Wildman–Crippen LogP) is 2.32. The van der Waals surface area contributed by atoms with Gasteiger partial charge in [-0.1, -0.05) is 12.1 Å². The minimum Gasteiger partial charge on any atom is -0.480 e. The number of hydrogen-bond acceptors (Lipinski definition) is 5. The molecule has 0 aromatic heterocycles. The summed E-state index contributed by atoms with van der Waals surface area (Å²) in [5, 5.41) is 2.77. The van der Waals surface area contributed by atoms with Crippen LogP contribution < -0.4 is 14.8 Å². The highest BCUT2D eigenvalue weighted by Gasteiger charge is 2.29. The highest BCUT2D eigenvalue weighted by Crippen LogP contribution is 2.28. The average Bonchev–Trinajstić information content (AvgIpc) is 3.12. The lowest BCUT2D eigenvalue weighted by molar-refractivity contribution is -0.153. The molecule has 2 rings (SSSR count). The summed E-state index contributed by atoms with van der Waals surface area (Å²) in [7, 11) is 1.53. The van der Waals surface area contributed by atoms with Crippen LogP contribution >= 0.6 is 0 Å². The van der Waals surface area contributed by atoms with Crippen LogP contribution in [0.25, 0.3) is 0 Å². The second-order valence-electron chi connectivity index (χ2n) is 5.82. The molecule has 0 bridgehead atoms. The van der Waals surface area contributed by atoms with Gasteiger partial charge >= 0.3 is 6.18 Å². The van der Waals surface area contributed by atoms with Crippen molar-refractivity contribution in [3.05, 3.63) is 24.3 Å². The number of hydrogen-bond donors (Lipinski definition) is 1. The van der Waals surface area contributed by atoms with Crippen molar-refractivity contribution in [2.75, 3.05) is 33.5 Å². The number of para-hydroxylation sites is 2. The van der Waals surface area contributed by atoms with Gasteiger partial charge in [-0.05, 0) is 25.0 Å². The molecule has 0 radical (unpaired) electrons. The van der Waals surface area contributed by atoms with Crippen molar-refractivity contribution in [1.82, 2.24) is 5.32 Å². The molecule has 146 valence electrons. The van der Waals surface area contributed by atoms with Gasteiger partial charge in [0.25, 0.3) is 5.91 Å². The van der Waals surface area contributed by atoms with Crippen LogP contribution in [0, 0.1) is 0 Å². The SMILES string of the molecule is COC[C@@H](NC(=O)COc1ccccc1OCC(F)(F)F)[C@H]1CCCO1. The first-order chi connectivity index (χ1) is 12.4. The molecule has 1 fully saturated rings. The minimum atomic E-state index is -4.46. The molecule has 6 nitrogen and oxygen atoms in total. The van der Waals surface area contributed by atoms with E-state index >= 15 is 0 Å². The minimum absolute atomic E-state index is 0.0623. The molecular formula is C17H22F3NO5. The maximum Gasteiger partial charge on any atom is 0.422 e. The van der Waals surface area contributed by atoms with Crippen molar-refractivity contribution < 1.29 is 36.9 Å². The fourth-order valence-electron chi connectivity index (χ4n) is 2.58. The third-order valence-corrected chi connectivity index (χ3v) is 3.71. The molecule has 1 heterocycles. The van der Waals surface area contributed by atoms with Gasteiger partial charge in [-0.25, -0.2) is 0 Å². The van der Waals surface area contributed by atoms with Gasteiger partial charge in [-0.15, -0.1) is 0 Å². The predicted molar refractivity (Wildman–Crippen MR) is 86.3 cm³/mol. The van der Waals surface area contributed by atoms with E-state index in [4.69, 9.17) is 18.9 Å². The van der Waals surface area contributed by atoms with Gasteiger partial charge in [0.15, 0.2) is 24.7 Å². The first-order valence-electron chi connectivity index (χ1n) is 8.20. The van der Waals surface area contributed by atoms with E-state index in [1.54, 1.807) is 6.07 Å². The van der Waals surface area contributed by atoms with E-state index in [2.05, 4.69) is 5.32 Å². The Labute approximate surface area is 149 Å². The monoisotopic (exact) mass is 377 g/mol. The average molecular weight is 377 g/mol. The van der Waals surface area contributed by atoms with Crippen LogP contribution in [0.2, 0.25) is 0 Å². The number of halogens is 3. The maximum absolute atomic E-state index is 12.3. The Hall–Kier alpha value is -2.00. The molecule has 9 heteroatoms. The molecule has 1 N–H and O–H groups in total. The van der Waals surface area contributed by atoms with Gasteiger partial charge in [0, 0.05) is 13.7 Å². The third-order valence-electron chi connectivity index (χ3n) is 3.71. The van der Waals surface area contributed by atoms with E-state index in [-0.39, 0.29) is 30.3 Å². The lowest BCUT2D eigenvalue weighted by Crippen LogP contribution is -2.47. The second kappa shape index (κ2) is 9.63. The molecule has 1 aliphatic rings.